The van der Waals surface area contributed by atoms with Crippen LogP contribution in [0.3, 0.4) is 0 Å². The second-order valence-corrected chi connectivity index (χ2v) is 18.7. The number of hydrogen-bond acceptors (Lipinski definition) is 8. The average molecular weight is 975 g/mol. The Morgan fingerprint density at radius 1 is 0.224 bits per heavy atom. The summed E-state index contributed by atoms with van der Waals surface area (Å²) in [6.45, 7) is 0. The fourth-order valence-electron chi connectivity index (χ4n) is 10.2. The van der Waals surface area contributed by atoms with Crippen LogP contribution in [0.4, 0.5) is 0 Å². The Morgan fingerprint density at radius 2 is 0.513 bits per heavy atom. The summed E-state index contributed by atoms with van der Waals surface area (Å²) in [5.41, 5.74) is 17.2. The molecule has 0 atom stereocenters. The van der Waals surface area contributed by atoms with E-state index in [-0.39, 0.29) is 0 Å². The highest BCUT2D eigenvalue weighted by Gasteiger charge is 2.20. The molecule has 0 saturated heterocycles. The van der Waals surface area contributed by atoms with Gasteiger partial charge >= 0.3 is 0 Å². The molecule has 11 aromatic carbocycles. The fraction of sp³-hybridized carbons (Fsp3) is 0. The Kier molecular flexibility index (Phi) is 11.0. The van der Waals surface area contributed by atoms with Crippen LogP contribution in [0.15, 0.2) is 264 Å². The third kappa shape index (κ3) is 8.26. The molecule has 0 aliphatic carbocycles. The lowest BCUT2D eigenvalue weighted by molar-refractivity contribution is 0.584. The molecule has 356 valence electrons. The Labute approximate surface area is 437 Å². The van der Waals surface area contributed by atoms with Crippen LogP contribution in [0.25, 0.3) is 145 Å². The highest BCUT2D eigenvalue weighted by atomic mass is 16.4. The van der Waals surface area contributed by atoms with E-state index in [9.17, 15) is 0 Å². The molecule has 0 aliphatic rings. The number of hydrogen-bond donors (Lipinski definition) is 0. The van der Waals surface area contributed by atoms with E-state index in [1.165, 1.54) is 21.5 Å². The second-order valence-electron chi connectivity index (χ2n) is 18.7. The molecule has 8 heteroatoms. The van der Waals surface area contributed by atoms with E-state index in [1.807, 2.05) is 84.9 Å². The standard InChI is InChI=1S/C68H42N6O2/c1-3-15-51(16-4-1)65-71-73-67(75-65)53-37-29-45(30-38-53)43-25-33-49(34-26-43)63-64(50-35-27-44(28-36-50)46-31-39-54(40-32-46)68-74-72-66(76-68)52-17-5-2-6-18-52)70-62-42-60(58-24-12-20-48-14-8-10-22-56(48)58)59(41-61(62)69-63)57-23-11-19-47-13-7-9-21-55(47)57/h1-42H. The zero-order valence-corrected chi connectivity index (χ0v) is 40.7. The van der Waals surface area contributed by atoms with Crippen molar-refractivity contribution in [2.24, 2.45) is 0 Å². The van der Waals surface area contributed by atoms with Crippen molar-refractivity contribution >= 4 is 32.6 Å². The van der Waals surface area contributed by atoms with Crippen molar-refractivity contribution in [3.63, 3.8) is 0 Å². The van der Waals surface area contributed by atoms with Crippen LogP contribution in [-0.2, 0) is 0 Å². The van der Waals surface area contributed by atoms with E-state index in [4.69, 9.17) is 18.8 Å². The lowest BCUT2D eigenvalue weighted by Crippen LogP contribution is -1.98. The van der Waals surface area contributed by atoms with Gasteiger partial charge in [-0.15, -0.1) is 20.4 Å². The monoisotopic (exact) mass is 974 g/mol. The first kappa shape index (κ1) is 44.3. The third-order valence-electron chi connectivity index (χ3n) is 14.1. The molecule has 3 aromatic heterocycles. The fourth-order valence-corrected chi connectivity index (χ4v) is 10.2. The molecule has 0 bridgehead atoms. The second kappa shape index (κ2) is 18.9. The van der Waals surface area contributed by atoms with Crippen LogP contribution in [-0.4, -0.2) is 30.4 Å². The zero-order chi connectivity index (χ0) is 50.4. The summed E-state index contributed by atoms with van der Waals surface area (Å²) in [4.78, 5) is 11.2. The summed E-state index contributed by atoms with van der Waals surface area (Å²) in [6.07, 6.45) is 0. The Balaban J connectivity index is 0.864. The first-order chi connectivity index (χ1) is 37.6. The van der Waals surface area contributed by atoms with Gasteiger partial charge in [0, 0.05) is 33.4 Å². The Morgan fingerprint density at radius 3 is 0.882 bits per heavy atom. The van der Waals surface area contributed by atoms with Crippen molar-refractivity contribution < 1.29 is 8.83 Å². The minimum Gasteiger partial charge on any atom is -0.416 e. The van der Waals surface area contributed by atoms with Gasteiger partial charge < -0.3 is 8.83 Å². The van der Waals surface area contributed by atoms with Crippen molar-refractivity contribution in [2.75, 3.05) is 0 Å². The van der Waals surface area contributed by atoms with E-state index in [1.54, 1.807) is 0 Å². The van der Waals surface area contributed by atoms with Crippen LogP contribution >= 0.6 is 0 Å². The highest BCUT2D eigenvalue weighted by molar-refractivity contribution is 6.08. The molecule has 14 aromatic rings. The SMILES string of the molecule is c1ccc(-c2nnc(-c3ccc(-c4ccc(-c5nc6cc(-c7cccc8ccccc78)c(-c7cccc8ccccc78)cc6nc5-c5ccc(-c6ccc(-c7nnc(-c8ccccc8)o7)cc6)cc5)cc4)cc3)o2)cc1. The highest BCUT2D eigenvalue weighted by Crippen LogP contribution is 2.43. The summed E-state index contributed by atoms with van der Waals surface area (Å²) in [5.74, 6) is 1.92. The zero-order valence-electron chi connectivity index (χ0n) is 40.7. The van der Waals surface area contributed by atoms with Gasteiger partial charge in [0.05, 0.1) is 22.4 Å². The van der Waals surface area contributed by atoms with Gasteiger partial charge in [0.2, 0.25) is 23.6 Å². The van der Waals surface area contributed by atoms with E-state index >= 15 is 0 Å². The van der Waals surface area contributed by atoms with Crippen molar-refractivity contribution in [3.05, 3.63) is 255 Å². The van der Waals surface area contributed by atoms with E-state index < -0.39 is 0 Å². The van der Waals surface area contributed by atoms with Crippen LogP contribution in [0.1, 0.15) is 0 Å². The lowest BCUT2D eigenvalue weighted by Gasteiger charge is -2.17. The maximum Gasteiger partial charge on any atom is 0.248 e. The predicted octanol–water partition coefficient (Wildman–Crippen LogP) is 17.4. The number of rotatable bonds is 10. The van der Waals surface area contributed by atoms with Crippen molar-refractivity contribution in [2.45, 2.75) is 0 Å². The summed E-state index contributed by atoms with van der Waals surface area (Å²) in [5, 5.41) is 22.0. The van der Waals surface area contributed by atoms with Crippen LogP contribution in [0, 0.1) is 0 Å². The summed E-state index contributed by atoms with van der Waals surface area (Å²) in [7, 11) is 0. The predicted molar refractivity (Wildman–Crippen MR) is 305 cm³/mol. The van der Waals surface area contributed by atoms with E-state index in [0.717, 1.165) is 100 Å². The molecule has 0 saturated carbocycles. The number of aromatic nitrogens is 6. The van der Waals surface area contributed by atoms with Crippen molar-refractivity contribution in [3.8, 4) is 113 Å². The van der Waals surface area contributed by atoms with Gasteiger partial charge in [-0.25, -0.2) is 9.97 Å². The maximum absolute atomic E-state index is 6.06. The lowest BCUT2D eigenvalue weighted by atomic mass is 9.88. The van der Waals surface area contributed by atoms with Gasteiger partial charge in [-0.05, 0) is 127 Å². The average Bonchev–Trinajstić information content (AvgIpc) is 4.23. The molecule has 0 spiro atoms. The van der Waals surface area contributed by atoms with Gasteiger partial charge in [-0.3, -0.25) is 0 Å². The van der Waals surface area contributed by atoms with Crippen LogP contribution in [0.5, 0.6) is 0 Å². The molecule has 8 nitrogen and oxygen atoms in total. The molecule has 0 aliphatic heterocycles. The van der Waals surface area contributed by atoms with E-state index in [0.29, 0.717) is 23.6 Å². The Bertz CT molecular complexity index is 4120. The number of nitrogens with zero attached hydrogens (tertiary/aromatic N) is 6. The van der Waals surface area contributed by atoms with Crippen molar-refractivity contribution in [1.29, 1.82) is 0 Å². The van der Waals surface area contributed by atoms with Crippen LogP contribution in [0.2, 0.25) is 0 Å². The molecule has 0 unspecified atom stereocenters. The molecular formula is C68H42N6O2. The van der Waals surface area contributed by atoms with Gasteiger partial charge in [0.15, 0.2) is 0 Å². The number of benzene rings is 11. The maximum atomic E-state index is 6.06. The Hall–Kier alpha value is -10.4. The van der Waals surface area contributed by atoms with Crippen molar-refractivity contribution in [1.82, 2.24) is 30.4 Å². The van der Waals surface area contributed by atoms with Gasteiger partial charge in [-0.2, -0.15) is 0 Å². The smallest absolute Gasteiger partial charge is 0.248 e. The largest absolute Gasteiger partial charge is 0.416 e. The first-order valence-electron chi connectivity index (χ1n) is 25.2. The minimum absolute atomic E-state index is 0.472. The van der Waals surface area contributed by atoms with Crippen LogP contribution < -0.4 is 0 Å². The summed E-state index contributed by atoms with van der Waals surface area (Å²) < 4.78 is 12.1. The quantitative estimate of drug-likeness (QED) is 0.133. The molecule has 14 rings (SSSR count). The molecule has 76 heavy (non-hydrogen) atoms. The molecule has 0 fully saturated rings. The molecule has 0 amide bonds. The molecule has 3 heterocycles. The molecule has 0 N–H and O–H groups in total. The van der Waals surface area contributed by atoms with Gasteiger partial charge in [-0.1, -0.05) is 194 Å². The first-order valence-corrected chi connectivity index (χ1v) is 25.2. The third-order valence-corrected chi connectivity index (χ3v) is 14.1. The molecular weight excluding hydrogens is 933 g/mol. The molecule has 0 radical (unpaired) electrons. The van der Waals surface area contributed by atoms with E-state index in [2.05, 4.69) is 190 Å². The minimum atomic E-state index is 0.472. The van der Waals surface area contributed by atoms with Gasteiger partial charge in [0.1, 0.15) is 0 Å². The topological polar surface area (TPSA) is 104 Å². The normalized spacial score (nSPS) is 11.4. The van der Waals surface area contributed by atoms with Gasteiger partial charge in [0.25, 0.3) is 0 Å². The summed E-state index contributed by atoms with van der Waals surface area (Å²) >= 11 is 0. The number of fused-ring (bicyclic) bond motifs is 3. The summed E-state index contributed by atoms with van der Waals surface area (Å²) in [6, 6.07) is 87.9.